The highest BCUT2D eigenvalue weighted by Gasteiger charge is 2.06. The normalized spacial score (nSPS) is 10.4. The Balaban J connectivity index is 1.36. The van der Waals surface area contributed by atoms with Gasteiger partial charge in [-0.25, -0.2) is 0 Å². The van der Waals surface area contributed by atoms with Crippen molar-refractivity contribution in [2.24, 2.45) is 0 Å². The Morgan fingerprint density at radius 2 is 1.88 bits per heavy atom. The van der Waals surface area contributed by atoms with Crippen LogP contribution in [0, 0.1) is 0 Å². The Labute approximate surface area is 144 Å². The zero-order valence-corrected chi connectivity index (χ0v) is 13.8. The second kappa shape index (κ2) is 8.05. The van der Waals surface area contributed by atoms with Crippen LogP contribution in [0.25, 0.3) is 11.1 Å². The summed E-state index contributed by atoms with van der Waals surface area (Å²) in [6, 6.07) is 14.9. The molecule has 0 radical (unpaired) electrons. The van der Waals surface area contributed by atoms with Crippen LogP contribution in [0.2, 0.25) is 0 Å². The number of hydrazine groups is 1. The van der Waals surface area contributed by atoms with E-state index in [-0.39, 0.29) is 11.9 Å². The molecule has 0 saturated carbocycles. The monoisotopic (exact) mass is 341 g/mol. The molecule has 7 nitrogen and oxygen atoms in total. The summed E-state index contributed by atoms with van der Waals surface area (Å²) in [7, 11) is 1.61. The maximum Gasteiger partial charge on any atom is 0.315 e. The van der Waals surface area contributed by atoms with Crippen LogP contribution < -0.4 is 20.3 Å². The average molecular weight is 341 g/mol. The molecular weight excluding hydrogens is 322 g/mol. The van der Waals surface area contributed by atoms with E-state index in [0.717, 1.165) is 17.0 Å². The fourth-order valence-corrected chi connectivity index (χ4v) is 2.21. The van der Waals surface area contributed by atoms with E-state index in [1.807, 2.05) is 48.5 Å². The number of nitrogens with zero attached hydrogens (tertiary/aromatic N) is 1. The number of hydrogen-bond acceptors (Lipinski definition) is 6. The topological polar surface area (TPSA) is 85.6 Å². The summed E-state index contributed by atoms with van der Waals surface area (Å²) in [4.78, 5) is 16.0. The summed E-state index contributed by atoms with van der Waals surface area (Å²) >= 11 is 0. The maximum absolute atomic E-state index is 11.8. The minimum absolute atomic E-state index is 0.166. The van der Waals surface area contributed by atoms with Gasteiger partial charge in [-0.1, -0.05) is 12.1 Å². The van der Waals surface area contributed by atoms with Crippen molar-refractivity contribution in [3.63, 3.8) is 0 Å². The van der Waals surface area contributed by atoms with Crippen LogP contribution in [0.15, 0.2) is 52.9 Å². The molecule has 0 aliphatic carbocycles. The molecule has 7 heteroatoms. The molecule has 0 saturated heterocycles. The summed E-state index contributed by atoms with van der Waals surface area (Å²) in [6.07, 6.45) is 0.913. The lowest BCUT2D eigenvalue weighted by molar-refractivity contribution is -0.120. The number of carbonyl (C=O) groups excluding carboxylic acids is 1. The predicted molar refractivity (Wildman–Crippen MR) is 93.5 cm³/mol. The molecule has 1 aromatic heterocycles. The van der Waals surface area contributed by atoms with Gasteiger partial charge in [-0.2, -0.15) is 4.98 Å². The maximum atomic E-state index is 11.8. The van der Waals surface area contributed by atoms with Crippen molar-refractivity contribution in [2.45, 2.75) is 12.8 Å². The van der Waals surface area contributed by atoms with E-state index in [2.05, 4.69) is 15.8 Å². The van der Waals surface area contributed by atoms with Gasteiger partial charge in [0, 0.05) is 6.42 Å². The Hall–Kier alpha value is -3.22. The third-order valence-electron chi connectivity index (χ3n) is 3.48. The SMILES string of the molecule is COc1ccc(OCCCC(=O)NNc2nc3ccccc3o2)cc1. The van der Waals surface area contributed by atoms with Crippen molar-refractivity contribution in [3.8, 4) is 11.5 Å². The third kappa shape index (κ3) is 4.63. The van der Waals surface area contributed by atoms with E-state index in [1.54, 1.807) is 7.11 Å². The number of nitrogens with one attached hydrogen (secondary N) is 2. The minimum atomic E-state index is -0.166. The zero-order chi connectivity index (χ0) is 17.5. The fraction of sp³-hybridized carbons (Fsp3) is 0.222. The van der Waals surface area contributed by atoms with Gasteiger partial charge < -0.3 is 13.9 Å². The molecule has 0 fully saturated rings. The van der Waals surface area contributed by atoms with Gasteiger partial charge in [-0.05, 0) is 42.8 Å². The fourth-order valence-electron chi connectivity index (χ4n) is 2.21. The van der Waals surface area contributed by atoms with Crippen molar-refractivity contribution in [1.29, 1.82) is 0 Å². The van der Waals surface area contributed by atoms with Crippen LogP contribution in [-0.4, -0.2) is 24.6 Å². The van der Waals surface area contributed by atoms with Crippen molar-refractivity contribution >= 4 is 23.0 Å². The summed E-state index contributed by atoms with van der Waals surface area (Å²) in [5, 5.41) is 0. The molecule has 25 heavy (non-hydrogen) atoms. The van der Waals surface area contributed by atoms with Gasteiger partial charge >= 0.3 is 6.01 Å². The number of carbonyl (C=O) groups is 1. The lowest BCUT2D eigenvalue weighted by Gasteiger charge is -2.07. The van der Waals surface area contributed by atoms with Gasteiger partial charge in [0.25, 0.3) is 0 Å². The van der Waals surface area contributed by atoms with E-state index in [9.17, 15) is 4.79 Å². The van der Waals surface area contributed by atoms with E-state index < -0.39 is 0 Å². The standard InChI is InChI=1S/C18H19N3O4/c1-23-13-8-10-14(11-9-13)24-12-4-7-17(22)20-21-18-19-15-5-2-3-6-16(15)25-18/h2-3,5-6,8-11H,4,7,12H2,1H3,(H,19,21)(H,20,22). The number of fused-ring (bicyclic) bond motifs is 1. The smallest absolute Gasteiger partial charge is 0.315 e. The summed E-state index contributed by atoms with van der Waals surface area (Å²) < 4.78 is 16.1. The van der Waals surface area contributed by atoms with E-state index in [1.165, 1.54) is 0 Å². The molecule has 3 aromatic rings. The van der Waals surface area contributed by atoms with Gasteiger partial charge in [0.1, 0.15) is 17.0 Å². The van der Waals surface area contributed by atoms with Gasteiger partial charge in [0.05, 0.1) is 13.7 Å². The first-order valence-corrected chi connectivity index (χ1v) is 7.92. The average Bonchev–Trinajstić information content (AvgIpc) is 3.07. The second-order valence-corrected chi connectivity index (χ2v) is 5.29. The quantitative estimate of drug-likeness (QED) is 0.484. The largest absolute Gasteiger partial charge is 0.497 e. The number of anilines is 1. The molecule has 1 amide bonds. The molecular formula is C18H19N3O4. The number of ether oxygens (including phenoxy) is 2. The van der Waals surface area contributed by atoms with Crippen molar-refractivity contribution < 1.29 is 18.7 Å². The molecule has 0 unspecified atom stereocenters. The van der Waals surface area contributed by atoms with E-state index in [4.69, 9.17) is 13.9 Å². The molecule has 130 valence electrons. The molecule has 2 N–H and O–H groups in total. The van der Waals surface area contributed by atoms with Crippen molar-refractivity contribution in [1.82, 2.24) is 10.4 Å². The molecule has 0 spiro atoms. The lowest BCUT2D eigenvalue weighted by Crippen LogP contribution is -2.29. The Morgan fingerprint density at radius 3 is 2.64 bits per heavy atom. The molecule has 0 atom stereocenters. The van der Waals surface area contributed by atoms with Crippen LogP contribution >= 0.6 is 0 Å². The molecule has 0 aliphatic heterocycles. The van der Waals surface area contributed by atoms with Crippen molar-refractivity contribution in [2.75, 3.05) is 19.1 Å². The minimum Gasteiger partial charge on any atom is -0.497 e. The number of oxazole rings is 1. The number of methoxy groups -OCH3 is 1. The first kappa shape index (κ1) is 16.6. The number of para-hydroxylation sites is 2. The number of aromatic nitrogens is 1. The van der Waals surface area contributed by atoms with Crippen LogP contribution in [0.3, 0.4) is 0 Å². The molecule has 0 aliphatic rings. The third-order valence-corrected chi connectivity index (χ3v) is 3.48. The van der Waals surface area contributed by atoms with Crippen LogP contribution in [-0.2, 0) is 4.79 Å². The second-order valence-electron chi connectivity index (χ2n) is 5.29. The van der Waals surface area contributed by atoms with Crippen LogP contribution in [0.1, 0.15) is 12.8 Å². The first-order chi connectivity index (χ1) is 12.2. The Kier molecular flexibility index (Phi) is 5.36. The highest BCUT2D eigenvalue weighted by Crippen LogP contribution is 2.18. The van der Waals surface area contributed by atoms with Crippen molar-refractivity contribution in [3.05, 3.63) is 48.5 Å². The first-order valence-electron chi connectivity index (χ1n) is 7.92. The highest BCUT2D eigenvalue weighted by molar-refractivity contribution is 5.78. The number of hydrogen-bond donors (Lipinski definition) is 2. The Bertz CT molecular complexity index is 797. The molecule has 1 heterocycles. The van der Waals surface area contributed by atoms with E-state index >= 15 is 0 Å². The predicted octanol–water partition coefficient (Wildman–Crippen LogP) is 3.14. The molecule has 3 rings (SSSR count). The summed E-state index contributed by atoms with van der Waals surface area (Å²) in [5.41, 5.74) is 6.62. The molecule has 2 aromatic carbocycles. The summed E-state index contributed by atoms with van der Waals surface area (Å²) in [6.45, 7) is 0.447. The van der Waals surface area contributed by atoms with Crippen LogP contribution in [0.4, 0.5) is 6.01 Å². The van der Waals surface area contributed by atoms with Gasteiger partial charge in [-0.3, -0.25) is 15.6 Å². The highest BCUT2D eigenvalue weighted by atomic mass is 16.5. The van der Waals surface area contributed by atoms with Gasteiger partial charge in [-0.15, -0.1) is 0 Å². The number of benzene rings is 2. The molecule has 0 bridgehead atoms. The van der Waals surface area contributed by atoms with Gasteiger partial charge in [0.15, 0.2) is 5.58 Å². The van der Waals surface area contributed by atoms with Gasteiger partial charge in [0.2, 0.25) is 5.91 Å². The number of rotatable bonds is 8. The zero-order valence-electron chi connectivity index (χ0n) is 13.8. The van der Waals surface area contributed by atoms with E-state index in [0.29, 0.717) is 25.0 Å². The summed E-state index contributed by atoms with van der Waals surface area (Å²) in [5.74, 6) is 1.35. The van der Waals surface area contributed by atoms with Crippen LogP contribution in [0.5, 0.6) is 11.5 Å². The Morgan fingerprint density at radius 1 is 1.12 bits per heavy atom. The lowest BCUT2D eigenvalue weighted by atomic mass is 10.3. The number of amides is 1.